The SMILES string of the molecule is CNC(=O)NCc1ccc(C2=C(C(=O)[O-])N3C(=O)C([C@@H](C)O)C3C2)cc1.[Na+]. The summed E-state index contributed by atoms with van der Waals surface area (Å²) in [6.07, 6.45) is -0.468. The van der Waals surface area contributed by atoms with Crippen molar-refractivity contribution >= 4 is 23.5 Å². The minimum atomic E-state index is -1.40. The van der Waals surface area contributed by atoms with E-state index in [4.69, 9.17) is 0 Å². The van der Waals surface area contributed by atoms with Gasteiger partial charge in [0.15, 0.2) is 0 Å². The molecule has 0 spiro atoms. The van der Waals surface area contributed by atoms with E-state index in [0.29, 0.717) is 24.1 Å². The van der Waals surface area contributed by atoms with Crippen molar-refractivity contribution < 1.29 is 54.2 Å². The van der Waals surface area contributed by atoms with Crippen LogP contribution in [0.2, 0.25) is 0 Å². The smallest absolute Gasteiger partial charge is 0.543 e. The van der Waals surface area contributed by atoms with Crippen LogP contribution in [0.15, 0.2) is 30.0 Å². The van der Waals surface area contributed by atoms with Crippen molar-refractivity contribution in [1.29, 1.82) is 0 Å². The number of hydrogen-bond donors (Lipinski definition) is 3. The molecule has 27 heavy (non-hydrogen) atoms. The third-order valence-electron chi connectivity index (χ3n) is 4.90. The molecule has 0 aliphatic carbocycles. The summed E-state index contributed by atoms with van der Waals surface area (Å²) in [6, 6.07) is 6.45. The summed E-state index contributed by atoms with van der Waals surface area (Å²) in [4.78, 5) is 36.2. The van der Waals surface area contributed by atoms with E-state index in [2.05, 4.69) is 10.6 Å². The summed E-state index contributed by atoms with van der Waals surface area (Å²) in [5.41, 5.74) is 1.94. The third kappa shape index (κ3) is 3.89. The number of urea groups is 1. The molecule has 1 aromatic carbocycles. The number of β-lactam (4-membered cyclic amide) rings is 1. The summed E-state index contributed by atoms with van der Waals surface area (Å²) in [6.45, 7) is 1.87. The Balaban J connectivity index is 0.00000261. The Morgan fingerprint density at radius 2 is 1.96 bits per heavy atom. The average Bonchev–Trinajstić information content (AvgIpc) is 2.95. The van der Waals surface area contributed by atoms with Crippen LogP contribution in [-0.2, 0) is 16.1 Å². The molecule has 138 valence electrons. The zero-order chi connectivity index (χ0) is 19.0. The Morgan fingerprint density at radius 3 is 2.48 bits per heavy atom. The Kier molecular flexibility index (Phi) is 6.69. The Hall–Kier alpha value is -1.87. The quantitative estimate of drug-likeness (QED) is 0.357. The molecule has 1 aromatic rings. The first-order valence-corrected chi connectivity index (χ1v) is 8.35. The number of carboxylic acid groups (broad SMARTS) is 1. The van der Waals surface area contributed by atoms with E-state index in [1.54, 1.807) is 24.3 Å². The number of fused-ring (bicyclic) bond motifs is 1. The molecule has 2 unspecified atom stereocenters. The zero-order valence-corrected chi connectivity index (χ0v) is 17.5. The maximum atomic E-state index is 12.2. The van der Waals surface area contributed by atoms with E-state index in [-0.39, 0.29) is 53.2 Å². The van der Waals surface area contributed by atoms with Gasteiger partial charge >= 0.3 is 35.6 Å². The molecular formula is C18H20N3NaO5. The third-order valence-corrected chi connectivity index (χ3v) is 4.90. The standard InChI is InChI=1S/C18H21N3O5.Na/c1-9(22)14-13-7-12(15(17(24)25)21(13)16(14)23)11-5-3-10(4-6-11)8-20-18(26)19-2;/h3-6,9,13-14,22H,7-8H2,1-2H3,(H,24,25)(H2,19,20,26);/q;+1/p-1/t9-,13?,14?;/m1./s1. The predicted molar refractivity (Wildman–Crippen MR) is 90.1 cm³/mol. The molecule has 3 atom stereocenters. The Labute approximate surface area is 178 Å². The molecule has 1 saturated heterocycles. The van der Waals surface area contributed by atoms with Gasteiger partial charge in [-0.25, -0.2) is 4.79 Å². The second-order valence-corrected chi connectivity index (χ2v) is 6.49. The van der Waals surface area contributed by atoms with Crippen molar-refractivity contribution in [3.05, 3.63) is 41.1 Å². The van der Waals surface area contributed by atoms with Gasteiger partial charge < -0.3 is 30.5 Å². The number of aliphatic hydroxyl groups excluding tert-OH is 1. The molecule has 8 nitrogen and oxygen atoms in total. The molecule has 0 radical (unpaired) electrons. The number of carbonyl (C=O) groups excluding carboxylic acids is 3. The normalized spacial score (nSPS) is 21.7. The van der Waals surface area contributed by atoms with E-state index in [1.807, 2.05) is 0 Å². The van der Waals surface area contributed by atoms with Gasteiger partial charge in [0.25, 0.3) is 0 Å². The fourth-order valence-corrected chi connectivity index (χ4v) is 3.61. The van der Waals surface area contributed by atoms with Crippen LogP contribution < -0.4 is 45.3 Å². The van der Waals surface area contributed by atoms with Gasteiger partial charge in [-0.3, -0.25) is 4.79 Å². The number of rotatable bonds is 5. The van der Waals surface area contributed by atoms with Crippen molar-refractivity contribution in [1.82, 2.24) is 15.5 Å². The molecule has 2 aliphatic rings. The fourth-order valence-electron chi connectivity index (χ4n) is 3.61. The number of nitrogens with zero attached hydrogens (tertiary/aromatic N) is 1. The molecule has 2 heterocycles. The average molecular weight is 381 g/mol. The molecule has 0 aromatic heterocycles. The van der Waals surface area contributed by atoms with Gasteiger partial charge in [0.2, 0.25) is 5.91 Å². The zero-order valence-electron chi connectivity index (χ0n) is 15.5. The molecule has 2 aliphatic heterocycles. The molecule has 3 amide bonds. The number of nitrogens with one attached hydrogen (secondary N) is 2. The van der Waals surface area contributed by atoms with Crippen LogP contribution in [0.25, 0.3) is 5.57 Å². The van der Waals surface area contributed by atoms with Crippen LogP contribution in [0, 0.1) is 5.92 Å². The summed E-state index contributed by atoms with van der Waals surface area (Å²) in [5.74, 6) is -2.37. The van der Waals surface area contributed by atoms with Gasteiger partial charge in [0, 0.05) is 13.6 Å². The van der Waals surface area contributed by atoms with Crippen molar-refractivity contribution in [2.24, 2.45) is 5.92 Å². The van der Waals surface area contributed by atoms with Gasteiger partial charge in [-0.15, -0.1) is 0 Å². The number of aliphatic hydroxyl groups is 1. The van der Waals surface area contributed by atoms with Gasteiger partial charge in [0.1, 0.15) is 0 Å². The maximum absolute atomic E-state index is 12.2. The monoisotopic (exact) mass is 381 g/mol. The first-order chi connectivity index (χ1) is 12.3. The Morgan fingerprint density at radius 1 is 1.33 bits per heavy atom. The van der Waals surface area contributed by atoms with Crippen molar-refractivity contribution in [2.45, 2.75) is 32.0 Å². The fraction of sp³-hybridized carbons (Fsp3) is 0.389. The van der Waals surface area contributed by atoms with E-state index in [9.17, 15) is 24.6 Å². The van der Waals surface area contributed by atoms with Crippen molar-refractivity contribution in [2.75, 3.05) is 7.05 Å². The van der Waals surface area contributed by atoms with Crippen LogP contribution in [-0.4, -0.2) is 47.1 Å². The van der Waals surface area contributed by atoms with Gasteiger partial charge in [0.05, 0.1) is 29.7 Å². The number of amides is 3. The Bertz CT molecular complexity index is 791. The van der Waals surface area contributed by atoms with Crippen LogP contribution in [0.1, 0.15) is 24.5 Å². The van der Waals surface area contributed by atoms with Crippen LogP contribution in [0.3, 0.4) is 0 Å². The first-order valence-electron chi connectivity index (χ1n) is 8.35. The molecule has 9 heteroatoms. The molecular weight excluding hydrogens is 361 g/mol. The number of carbonyl (C=O) groups is 3. The summed E-state index contributed by atoms with van der Waals surface area (Å²) in [7, 11) is 1.53. The van der Waals surface area contributed by atoms with E-state index in [0.717, 1.165) is 5.56 Å². The second kappa shape index (κ2) is 8.43. The summed E-state index contributed by atoms with van der Waals surface area (Å²) in [5, 5.41) is 26.5. The van der Waals surface area contributed by atoms with Crippen molar-refractivity contribution in [3.63, 3.8) is 0 Å². The first kappa shape index (κ1) is 21.4. The topological polar surface area (TPSA) is 122 Å². The van der Waals surface area contributed by atoms with Gasteiger partial charge in [-0.05, 0) is 30.0 Å². The van der Waals surface area contributed by atoms with Gasteiger partial charge in [-0.2, -0.15) is 0 Å². The molecule has 0 saturated carbocycles. The van der Waals surface area contributed by atoms with Crippen molar-refractivity contribution in [3.8, 4) is 0 Å². The molecule has 1 fully saturated rings. The largest absolute Gasteiger partial charge is 1.00 e. The van der Waals surface area contributed by atoms with Gasteiger partial charge in [-0.1, -0.05) is 24.3 Å². The van der Waals surface area contributed by atoms with E-state index < -0.39 is 18.0 Å². The maximum Gasteiger partial charge on any atom is 1.00 e. The predicted octanol–water partition coefficient (Wildman–Crippen LogP) is -3.81. The summed E-state index contributed by atoms with van der Waals surface area (Å²) >= 11 is 0. The minimum Gasteiger partial charge on any atom is -0.543 e. The summed E-state index contributed by atoms with van der Waals surface area (Å²) < 4.78 is 0. The molecule has 0 bridgehead atoms. The number of aliphatic carboxylic acids is 1. The van der Waals surface area contributed by atoms with Crippen LogP contribution in [0.5, 0.6) is 0 Å². The minimum absolute atomic E-state index is 0. The molecule has 3 rings (SSSR count). The number of hydrogen-bond acceptors (Lipinski definition) is 5. The second-order valence-electron chi connectivity index (χ2n) is 6.49. The van der Waals surface area contributed by atoms with Crippen LogP contribution >= 0.6 is 0 Å². The molecule has 3 N–H and O–H groups in total. The van der Waals surface area contributed by atoms with E-state index in [1.165, 1.54) is 18.9 Å². The number of carboxylic acids is 1. The van der Waals surface area contributed by atoms with Crippen LogP contribution in [0.4, 0.5) is 4.79 Å². The van der Waals surface area contributed by atoms with E-state index >= 15 is 0 Å². The number of benzene rings is 1.